The summed E-state index contributed by atoms with van der Waals surface area (Å²) < 4.78 is 10.8. The molecule has 15 heavy (non-hydrogen) atoms. The number of hydrogen-bond donors (Lipinski definition) is 1. The zero-order valence-electron chi connectivity index (χ0n) is 9.40. The van der Waals surface area contributed by atoms with E-state index in [-0.39, 0.29) is 0 Å². The summed E-state index contributed by atoms with van der Waals surface area (Å²) in [6.07, 6.45) is 0. The van der Waals surface area contributed by atoms with Crippen LogP contribution in [0.25, 0.3) is 0 Å². The molecule has 0 atom stereocenters. The second-order valence-electron chi connectivity index (χ2n) is 3.59. The normalized spacial score (nSPS) is 11.2. The monoisotopic (exact) mass is 229 g/mol. The van der Waals surface area contributed by atoms with Gasteiger partial charge in [0.1, 0.15) is 11.5 Å². The second-order valence-corrected chi connectivity index (χ2v) is 4.03. The van der Waals surface area contributed by atoms with Crippen LogP contribution in [0.1, 0.15) is 11.5 Å². The van der Waals surface area contributed by atoms with E-state index in [1.807, 2.05) is 19.1 Å². The number of ether oxygens (including phenoxy) is 1. The average Bonchev–Trinajstić information content (AvgIpc) is 2.59. The van der Waals surface area contributed by atoms with Gasteiger partial charge in [0.25, 0.3) is 0 Å². The van der Waals surface area contributed by atoms with E-state index in [0.717, 1.165) is 43.6 Å². The Morgan fingerprint density at radius 1 is 1.40 bits per heavy atom. The van der Waals surface area contributed by atoms with Crippen LogP contribution in [0.2, 0.25) is 0 Å². The van der Waals surface area contributed by atoms with E-state index in [0.29, 0.717) is 0 Å². The Balaban J connectivity index is 2.15. The van der Waals surface area contributed by atoms with Crippen LogP contribution >= 0.6 is 12.6 Å². The van der Waals surface area contributed by atoms with E-state index in [9.17, 15) is 0 Å². The molecule has 0 aromatic carbocycles. The van der Waals surface area contributed by atoms with Crippen LogP contribution in [-0.4, -0.2) is 37.5 Å². The predicted octanol–water partition coefficient (Wildman–Crippen LogP) is 1.97. The van der Waals surface area contributed by atoms with Crippen molar-refractivity contribution in [1.29, 1.82) is 0 Å². The molecule has 1 rings (SSSR count). The van der Waals surface area contributed by atoms with Gasteiger partial charge in [-0.25, -0.2) is 0 Å². The third-order valence-electron chi connectivity index (χ3n) is 2.07. The molecule has 0 radical (unpaired) electrons. The van der Waals surface area contributed by atoms with Crippen LogP contribution in [0.3, 0.4) is 0 Å². The summed E-state index contributed by atoms with van der Waals surface area (Å²) in [6.45, 7) is 5.17. The molecule has 0 fully saturated rings. The van der Waals surface area contributed by atoms with Crippen molar-refractivity contribution in [3.63, 3.8) is 0 Å². The van der Waals surface area contributed by atoms with Crippen molar-refractivity contribution in [2.24, 2.45) is 0 Å². The largest absolute Gasteiger partial charge is 0.465 e. The van der Waals surface area contributed by atoms with E-state index in [1.165, 1.54) is 0 Å². The predicted molar refractivity (Wildman–Crippen MR) is 64.5 cm³/mol. The maximum atomic E-state index is 5.49. The smallest absolute Gasteiger partial charge is 0.118 e. The lowest BCUT2D eigenvalue weighted by Gasteiger charge is -2.14. The van der Waals surface area contributed by atoms with Gasteiger partial charge in [0, 0.05) is 12.3 Å². The van der Waals surface area contributed by atoms with E-state index in [2.05, 4.69) is 24.6 Å². The molecule has 0 aliphatic carbocycles. The Hall–Kier alpha value is -0.450. The molecule has 0 bridgehead atoms. The SMILES string of the molecule is Cc1ccc(CN(C)CCOCCS)o1. The van der Waals surface area contributed by atoms with Crippen molar-refractivity contribution in [3.05, 3.63) is 23.7 Å². The summed E-state index contributed by atoms with van der Waals surface area (Å²) in [7, 11) is 2.06. The molecule has 0 saturated heterocycles. The second kappa shape index (κ2) is 6.93. The minimum Gasteiger partial charge on any atom is -0.465 e. The highest BCUT2D eigenvalue weighted by Gasteiger charge is 2.03. The first-order chi connectivity index (χ1) is 7.22. The Labute approximate surface area is 96.8 Å². The molecule has 1 heterocycles. The van der Waals surface area contributed by atoms with Crippen LogP contribution in [-0.2, 0) is 11.3 Å². The van der Waals surface area contributed by atoms with E-state index >= 15 is 0 Å². The molecule has 0 unspecified atom stereocenters. The fourth-order valence-electron chi connectivity index (χ4n) is 1.30. The molecule has 1 aromatic heterocycles. The molecule has 0 spiro atoms. The Morgan fingerprint density at radius 3 is 2.80 bits per heavy atom. The van der Waals surface area contributed by atoms with Gasteiger partial charge < -0.3 is 9.15 Å². The first-order valence-corrected chi connectivity index (χ1v) is 5.78. The number of rotatable bonds is 7. The number of likely N-dealkylation sites (N-methyl/N-ethyl adjacent to an activating group) is 1. The van der Waals surface area contributed by atoms with E-state index in [1.54, 1.807) is 0 Å². The highest BCUT2D eigenvalue weighted by Crippen LogP contribution is 2.08. The van der Waals surface area contributed by atoms with Crippen molar-refractivity contribution >= 4 is 12.6 Å². The minimum absolute atomic E-state index is 0.719. The molecule has 0 aliphatic heterocycles. The number of aryl methyl sites for hydroxylation is 1. The van der Waals surface area contributed by atoms with Gasteiger partial charge in [0.15, 0.2) is 0 Å². The number of nitrogens with zero attached hydrogens (tertiary/aromatic N) is 1. The van der Waals surface area contributed by atoms with E-state index < -0.39 is 0 Å². The molecule has 86 valence electrons. The standard InChI is InChI=1S/C11H19NO2S/c1-10-3-4-11(14-10)9-12(2)5-6-13-7-8-15/h3-4,15H,5-9H2,1-2H3. The Bertz CT molecular complexity index is 275. The number of thiol groups is 1. The van der Waals surface area contributed by atoms with Crippen molar-refractivity contribution in [1.82, 2.24) is 4.90 Å². The highest BCUT2D eigenvalue weighted by atomic mass is 32.1. The van der Waals surface area contributed by atoms with Gasteiger partial charge in [-0.1, -0.05) is 0 Å². The van der Waals surface area contributed by atoms with Crippen LogP contribution < -0.4 is 0 Å². The van der Waals surface area contributed by atoms with Crippen LogP contribution in [0.4, 0.5) is 0 Å². The Morgan fingerprint density at radius 2 is 2.20 bits per heavy atom. The van der Waals surface area contributed by atoms with E-state index in [4.69, 9.17) is 9.15 Å². The lowest BCUT2D eigenvalue weighted by atomic mass is 10.4. The van der Waals surface area contributed by atoms with Gasteiger partial charge >= 0.3 is 0 Å². The molecular formula is C11H19NO2S. The molecule has 0 aliphatic rings. The summed E-state index contributed by atoms with van der Waals surface area (Å²) >= 11 is 4.07. The topological polar surface area (TPSA) is 25.6 Å². The summed E-state index contributed by atoms with van der Waals surface area (Å²) in [5, 5.41) is 0. The molecule has 3 nitrogen and oxygen atoms in total. The average molecular weight is 229 g/mol. The fourth-order valence-corrected chi connectivity index (χ4v) is 1.43. The lowest BCUT2D eigenvalue weighted by Crippen LogP contribution is -2.22. The first-order valence-electron chi connectivity index (χ1n) is 5.15. The maximum absolute atomic E-state index is 5.49. The zero-order valence-corrected chi connectivity index (χ0v) is 10.3. The fraction of sp³-hybridized carbons (Fsp3) is 0.636. The van der Waals surface area contributed by atoms with Crippen LogP contribution in [0.15, 0.2) is 16.5 Å². The molecule has 1 aromatic rings. The van der Waals surface area contributed by atoms with Gasteiger partial charge in [0.2, 0.25) is 0 Å². The summed E-state index contributed by atoms with van der Waals surface area (Å²) in [5.74, 6) is 2.75. The van der Waals surface area contributed by atoms with Gasteiger partial charge in [-0.15, -0.1) is 0 Å². The van der Waals surface area contributed by atoms with Gasteiger partial charge in [-0.3, -0.25) is 4.90 Å². The quantitative estimate of drug-likeness (QED) is 0.572. The molecule has 4 heteroatoms. The van der Waals surface area contributed by atoms with Crippen molar-refractivity contribution < 1.29 is 9.15 Å². The third-order valence-corrected chi connectivity index (χ3v) is 2.26. The van der Waals surface area contributed by atoms with Gasteiger partial charge in [-0.05, 0) is 26.1 Å². The summed E-state index contributed by atoms with van der Waals surface area (Å²) in [6, 6.07) is 4.00. The van der Waals surface area contributed by atoms with Crippen molar-refractivity contribution in [3.8, 4) is 0 Å². The van der Waals surface area contributed by atoms with Crippen LogP contribution in [0, 0.1) is 6.92 Å². The zero-order chi connectivity index (χ0) is 11.1. The van der Waals surface area contributed by atoms with Crippen molar-refractivity contribution in [2.75, 3.05) is 32.6 Å². The van der Waals surface area contributed by atoms with Crippen LogP contribution in [0.5, 0.6) is 0 Å². The third kappa shape index (κ3) is 5.25. The molecule has 0 saturated carbocycles. The molecule has 0 amide bonds. The van der Waals surface area contributed by atoms with Crippen molar-refractivity contribution in [2.45, 2.75) is 13.5 Å². The number of furan rings is 1. The first kappa shape index (κ1) is 12.6. The maximum Gasteiger partial charge on any atom is 0.118 e. The van der Waals surface area contributed by atoms with Gasteiger partial charge in [0.05, 0.1) is 19.8 Å². The number of hydrogen-bond acceptors (Lipinski definition) is 4. The minimum atomic E-state index is 0.719. The molecule has 0 N–H and O–H groups in total. The molecular weight excluding hydrogens is 210 g/mol. The lowest BCUT2D eigenvalue weighted by molar-refractivity contribution is 0.120. The Kier molecular flexibility index (Phi) is 5.83. The summed E-state index contributed by atoms with van der Waals surface area (Å²) in [4.78, 5) is 2.18. The highest BCUT2D eigenvalue weighted by molar-refractivity contribution is 7.80. The summed E-state index contributed by atoms with van der Waals surface area (Å²) in [5.41, 5.74) is 0. The van der Waals surface area contributed by atoms with Gasteiger partial charge in [-0.2, -0.15) is 12.6 Å².